The van der Waals surface area contributed by atoms with E-state index in [4.69, 9.17) is 0 Å². The van der Waals surface area contributed by atoms with Gasteiger partial charge in [-0.25, -0.2) is 5.43 Å². The molecule has 1 aromatic carbocycles. The lowest BCUT2D eigenvalue weighted by molar-refractivity contribution is -0.123. The Morgan fingerprint density at radius 1 is 1.33 bits per heavy atom. The number of carbonyl (C=O) groups is 1. The molecule has 0 heterocycles. The van der Waals surface area contributed by atoms with Crippen LogP contribution in [0.4, 0.5) is 0 Å². The molecule has 0 radical (unpaired) electrons. The molecule has 2 fully saturated rings. The van der Waals surface area contributed by atoms with E-state index in [2.05, 4.69) is 33.4 Å². The maximum Gasteiger partial charge on any atom is 0.244 e. The molecule has 0 aromatic heterocycles. The van der Waals surface area contributed by atoms with E-state index < -0.39 is 0 Å². The maximum absolute atomic E-state index is 12.3. The largest absolute Gasteiger partial charge is 0.273 e. The summed E-state index contributed by atoms with van der Waals surface area (Å²) in [5.41, 5.74) is 4.88. The van der Waals surface area contributed by atoms with Crippen LogP contribution in [0, 0.1) is 17.3 Å². The van der Waals surface area contributed by atoms with Crippen molar-refractivity contribution in [3.63, 3.8) is 0 Å². The van der Waals surface area contributed by atoms with Crippen LogP contribution in [0.2, 0.25) is 0 Å². The highest BCUT2D eigenvalue weighted by Gasteiger charge is 2.64. The molecule has 1 aromatic rings. The minimum absolute atomic E-state index is 0.0980. The summed E-state index contributed by atoms with van der Waals surface area (Å²) in [6.45, 7) is 4.18. The van der Waals surface area contributed by atoms with Gasteiger partial charge < -0.3 is 0 Å². The van der Waals surface area contributed by atoms with E-state index in [0.717, 1.165) is 15.7 Å². The monoisotopic (exact) mass is 348 g/mol. The highest BCUT2D eigenvalue weighted by molar-refractivity contribution is 9.10. The van der Waals surface area contributed by atoms with Crippen molar-refractivity contribution in [3.05, 3.63) is 34.3 Å². The molecule has 3 atom stereocenters. The Bertz CT molecular complexity index is 581. The summed E-state index contributed by atoms with van der Waals surface area (Å²) in [6.07, 6.45) is 4.92. The molecule has 0 bridgehead atoms. The molecule has 2 aliphatic rings. The maximum atomic E-state index is 12.3. The smallest absolute Gasteiger partial charge is 0.244 e. The second kappa shape index (κ2) is 5.56. The van der Waals surface area contributed by atoms with Crippen LogP contribution in [0.1, 0.15) is 45.1 Å². The number of fused-ring (bicyclic) bond motifs is 1. The molecule has 4 heteroatoms. The summed E-state index contributed by atoms with van der Waals surface area (Å²) in [7, 11) is 0. The molecule has 1 N–H and O–H groups in total. The Morgan fingerprint density at radius 2 is 2.05 bits per heavy atom. The summed E-state index contributed by atoms with van der Waals surface area (Å²) in [4.78, 5) is 12.3. The third kappa shape index (κ3) is 2.78. The molecule has 1 amide bonds. The van der Waals surface area contributed by atoms with Gasteiger partial charge in [-0.05, 0) is 48.8 Å². The minimum atomic E-state index is 0.0980. The van der Waals surface area contributed by atoms with Gasteiger partial charge in [-0.2, -0.15) is 5.10 Å². The van der Waals surface area contributed by atoms with Gasteiger partial charge >= 0.3 is 0 Å². The molecule has 0 aliphatic heterocycles. The number of hydrogen-bond donors (Lipinski definition) is 1. The lowest BCUT2D eigenvalue weighted by Gasteiger charge is -2.15. The normalized spacial score (nSPS) is 31.5. The number of halogens is 1. The SMILES string of the molecule is C/C(=N/NC(=O)[C@@H]1[C@@H]2CCCC[C@]12C)c1ccc(Br)cc1. The number of rotatable bonds is 3. The molecule has 112 valence electrons. The number of carbonyl (C=O) groups excluding carboxylic acids is 1. The highest BCUT2D eigenvalue weighted by Crippen LogP contribution is 2.66. The van der Waals surface area contributed by atoms with Crippen LogP contribution in [0.3, 0.4) is 0 Å². The van der Waals surface area contributed by atoms with Crippen molar-refractivity contribution in [1.82, 2.24) is 5.43 Å². The van der Waals surface area contributed by atoms with Gasteiger partial charge in [0, 0.05) is 10.4 Å². The number of hydrogen-bond acceptors (Lipinski definition) is 2. The molecule has 0 saturated heterocycles. The first-order valence-corrected chi connectivity index (χ1v) is 8.42. The molecule has 0 unspecified atom stereocenters. The van der Waals surface area contributed by atoms with Crippen LogP contribution >= 0.6 is 15.9 Å². The predicted molar refractivity (Wildman–Crippen MR) is 88.1 cm³/mol. The van der Waals surface area contributed by atoms with E-state index in [1.54, 1.807) is 0 Å². The van der Waals surface area contributed by atoms with Crippen molar-refractivity contribution in [2.24, 2.45) is 22.4 Å². The van der Waals surface area contributed by atoms with Crippen LogP contribution in [0.15, 0.2) is 33.8 Å². The second-order valence-corrected chi connectivity index (χ2v) is 7.43. The number of benzene rings is 1. The number of amides is 1. The number of nitrogens with zero attached hydrogens (tertiary/aromatic N) is 1. The summed E-state index contributed by atoms with van der Waals surface area (Å²) < 4.78 is 1.04. The van der Waals surface area contributed by atoms with Crippen molar-refractivity contribution in [1.29, 1.82) is 0 Å². The van der Waals surface area contributed by atoms with Gasteiger partial charge in [-0.3, -0.25) is 4.79 Å². The molecule has 3 nitrogen and oxygen atoms in total. The standard InChI is InChI=1S/C17H21BrN2O/c1-11(12-6-8-13(18)9-7-12)19-20-16(21)15-14-5-3-4-10-17(14,15)2/h6-9,14-15H,3-5,10H2,1-2H3,(H,20,21)/b19-11-/t14-,15-,17-/m0/s1. The fraction of sp³-hybridized carbons (Fsp3) is 0.529. The molecule has 3 rings (SSSR count). The summed E-state index contributed by atoms with van der Waals surface area (Å²) in [6, 6.07) is 7.94. The second-order valence-electron chi connectivity index (χ2n) is 6.52. The van der Waals surface area contributed by atoms with Gasteiger partial charge in [0.1, 0.15) is 0 Å². The third-order valence-electron chi connectivity index (χ3n) is 5.21. The summed E-state index contributed by atoms with van der Waals surface area (Å²) >= 11 is 3.42. The van der Waals surface area contributed by atoms with Gasteiger partial charge in [-0.1, -0.05) is 47.8 Å². The zero-order chi connectivity index (χ0) is 15.0. The Kier molecular flexibility index (Phi) is 3.91. The molecule has 21 heavy (non-hydrogen) atoms. The first kappa shape index (κ1) is 14.8. The Morgan fingerprint density at radius 3 is 2.67 bits per heavy atom. The third-order valence-corrected chi connectivity index (χ3v) is 5.74. The average molecular weight is 349 g/mol. The first-order chi connectivity index (χ1) is 10.0. The van der Waals surface area contributed by atoms with Gasteiger partial charge in [0.15, 0.2) is 0 Å². The zero-order valence-corrected chi connectivity index (χ0v) is 14.1. The lowest BCUT2D eigenvalue weighted by Crippen LogP contribution is -2.23. The van der Waals surface area contributed by atoms with Crippen molar-refractivity contribution in [3.8, 4) is 0 Å². The quantitative estimate of drug-likeness (QED) is 0.647. The van der Waals surface area contributed by atoms with Crippen molar-refractivity contribution in [2.45, 2.75) is 39.5 Å². The Balaban J connectivity index is 1.63. The summed E-state index contributed by atoms with van der Waals surface area (Å²) in [5, 5.41) is 4.28. The van der Waals surface area contributed by atoms with Crippen molar-refractivity contribution in [2.75, 3.05) is 0 Å². The van der Waals surface area contributed by atoms with Gasteiger partial charge in [0.2, 0.25) is 5.91 Å². The molecule has 2 aliphatic carbocycles. The minimum Gasteiger partial charge on any atom is -0.273 e. The van der Waals surface area contributed by atoms with E-state index in [1.807, 2.05) is 31.2 Å². The zero-order valence-electron chi connectivity index (χ0n) is 12.5. The van der Waals surface area contributed by atoms with Gasteiger partial charge in [0.25, 0.3) is 0 Å². The van der Waals surface area contributed by atoms with E-state index >= 15 is 0 Å². The fourth-order valence-electron chi connectivity index (χ4n) is 3.81. The average Bonchev–Trinajstić information content (AvgIpc) is 3.11. The Labute approximate surface area is 134 Å². The van der Waals surface area contributed by atoms with Crippen LogP contribution in [-0.2, 0) is 4.79 Å². The summed E-state index contributed by atoms with van der Waals surface area (Å²) in [5.74, 6) is 0.844. The number of hydrazone groups is 1. The highest BCUT2D eigenvalue weighted by atomic mass is 79.9. The van der Waals surface area contributed by atoms with Crippen LogP contribution in [0.5, 0.6) is 0 Å². The van der Waals surface area contributed by atoms with E-state index in [9.17, 15) is 4.79 Å². The molecule has 2 saturated carbocycles. The van der Waals surface area contributed by atoms with Gasteiger partial charge in [-0.15, -0.1) is 0 Å². The topological polar surface area (TPSA) is 41.5 Å². The first-order valence-electron chi connectivity index (χ1n) is 7.62. The predicted octanol–water partition coefficient (Wildman–Crippen LogP) is 4.12. The molecular formula is C17H21BrN2O. The van der Waals surface area contributed by atoms with E-state index in [0.29, 0.717) is 5.92 Å². The van der Waals surface area contributed by atoms with Gasteiger partial charge in [0.05, 0.1) is 5.71 Å². The van der Waals surface area contributed by atoms with Crippen LogP contribution in [-0.4, -0.2) is 11.6 Å². The Hall–Kier alpha value is -1.16. The van der Waals surface area contributed by atoms with Crippen LogP contribution < -0.4 is 5.43 Å². The van der Waals surface area contributed by atoms with E-state index in [1.165, 1.54) is 25.7 Å². The van der Waals surface area contributed by atoms with Crippen molar-refractivity contribution < 1.29 is 4.79 Å². The lowest BCUT2D eigenvalue weighted by atomic mass is 9.90. The van der Waals surface area contributed by atoms with Crippen LogP contribution in [0.25, 0.3) is 0 Å². The molecular weight excluding hydrogens is 328 g/mol. The fourth-order valence-corrected chi connectivity index (χ4v) is 4.08. The van der Waals surface area contributed by atoms with Crippen molar-refractivity contribution >= 4 is 27.5 Å². The molecule has 0 spiro atoms. The van der Waals surface area contributed by atoms with E-state index in [-0.39, 0.29) is 17.2 Å². The number of nitrogens with one attached hydrogen (secondary N) is 1.